The molecule has 1 amide bonds. The van der Waals surface area contributed by atoms with Crippen molar-refractivity contribution in [1.82, 2.24) is 0 Å². The summed E-state index contributed by atoms with van der Waals surface area (Å²) in [6.45, 7) is 6.59. The minimum absolute atomic E-state index is 0.0821. The molecule has 0 fully saturated rings. The van der Waals surface area contributed by atoms with Crippen LogP contribution in [0.15, 0.2) is 18.2 Å². The molecule has 4 N–H and O–H groups in total. The molecule has 0 bridgehead atoms. The Balaban J connectivity index is 2.69. The van der Waals surface area contributed by atoms with Gasteiger partial charge in [-0.15, -0.1) is 0 Å². The summed E-state index contributed by atoms with van der Waals surface area (Å²) in [5.74, 6) is -0.681. The van der Waals surface area contributed by atoms with Gasteiger partial charge in [-0.05, 0) is 48.9 Å². The van der Waals surface area contributed by atoms with E-state index in [-0.39, 0.29) is 12.3 Å². The number of nitrogens with one attached hydrogen (secondary N) is 1. The fourth-order valence-corrected chi connectivity index (χ4v) is 2.46. The lowest BCUT2D eigenvalue weighted by Crippen LogP contribution is -2.20. The Labute approximate surface area is 125 Å². The first-order chi connectivity index (χ1) is 9.79. The predicted octanol–water partition coefficient (Wildman–Crippen LogP) is 2.64. The summed E-state index contributed by atoms with van der Waals surface area (Å²) in [4.78, 5) is 22.1. The molecule has 0 saturated carbocycles. The number of hydrogen-bond acceptors (Lipinski definition) is 3. The quantitative estimate of drug-likeness (QED) is 0.686. The van der Waals surface area contributed by atoms with Gasteiger partial charge in [-0.3, -0.25) is 9.59 Å². The summed E-state index contributed by atoms with van der Waals surface area (Å²) < 4.78 is 0. The van der Waals surface area contributed by atoms with Crippen LogP contribution in [0.4, 0.5) is 5.69 Å². The van der Waals surface area contributed by atoms with Crippen molar-refractivity contribution in [2.45, 2.75) is 33.6 Å². The van der Waals surface area contributed by atoms with E-state index in [2.05, 4.69) is 19.2 Å². The zero-order valence-corrected chi connectivity index (χ0v) is 12.8. The molecule has 21 heavy (non-hydrogen) atoms. The first-order valence-electron chi connectivity index (χ1n) is 7.15. The molecule has 0 spiro atoms. The molecular weight excluding hydrogens is 268 g/mol. The van der Waals surface area contributed by atoms with Crippen molar-refractivity contribution in [3.05, 3.63) is 29.3 Å². The number of amides is 1. The fourth-order valence-electron chi connectivity index (χ4n) is 2.46. The molecule has 1 atom stereocenters. The third kappa shape index (κ3) is 5.85. The smallest absolute Gasteiger partial charge is 0.303 e. The van der Waals surface area contributed by atoms with E-state index in [1.54, 1.807) is 12.1 Å². The molecule has 5 heteroatoms. The number of primary amides is 1. The van der Waals surface area contributed by atoms with E-state index >= 15 is 0 Å². The fraction of sp³-hybridized carbons (Fsp3) is 0.500. The minimum Gasteiger partial charge on any atom is -0.481 e. The number of anilines is 1. The average Bonchev–Trinajstić information content (AvgIpc) is 2.34. The maximum atomic E-state index is 11.2. The normalized spacial score (nSPS) is 12.2. The second-order valence-corrected chi connectivity index (χ2v) is 5.87. The minimum atomic E-state index is -0.775. The van der Waals surface area contributed by atoms with E-state index in [1.165, 1.54) is 0 Å². The van der Waals surface area contributed by atoms with E-state index in [0.29, 0.717) is 18.0 Å². The molecule has 1 aromatic carbocycles. The lowest BCUT2D eigenvalue weighted by Gasteiger charge is -2.19. The van der Waals surface area contributed by atoms with Crippen LogP contribution in [0.5, 0.6) is 0 Å². The summed E-state index contributed by atoms with van der Waals surface area (Å²) in [5, 5.41) is 12.2. The topological polar surface area (TPSA) is 92.4 Å². The number of carboxylic acids is 1. The summed E-state index contributed by atoms with van der Waals surface area (Å²) >= 11 is 0. The van der Waals surface area contributed by atoms with Gasteiger partial charge in [0, 0.05) is 24.2 Å². The Morgan fingerprint density at radius 2 is 2.00 bits per heavy atom. The van der Waals surface area contributed by atoms with Gasteiger partial charge in [0.1, 0.15) is 0 Å². The Hall–Kier alpha value is -2.04. The first-order valence-corrected chi connectivity index (χ1v) is 7.15. The van der Waals surface area contributed by atoms with Crippen LogP contribution < -0.4 is 11.1 Å². The number of aryl methyl sites for hydroxylation is 1. The zero-order valence-electron chi connectivity index (χ0n) is 12.8. The van der Waals surface area contributed by atoms with Crippen molar-refractivity contribution in [1.29, 1.82) is 0 Å². The van der Waals surface area contributed by atoms with Crippen molar-refractivity contribution in [2.75, 3.05) is 11.9 Å². The van der Waals surface area contributed by atoms with E-state index in [9.17, 15) is 9.59 Å². The highest BCUT2D eigenvalue weighted by atomic mass is 16.4. The summed E-state index contributed by atoms with van der Waals surface area (Å²) in [6.07, 6.45) is 1.02. The van der Waals surface area contributed by atoms with Crippen LogP contribution in [0.1, 0.15) is 42.6 Å². The molecule has 0 saturated heterocycles. The SMILES string of the molecule is Cc1cc(NCC(CC(=O)O)CC(C)C)ccc1C(N)=O. The Bertz CT molecular complexity index is 512. The third-order valence-electron chi connectivity index (χ3n) is 3.35. The van der Waals surface area contributed by atoms with Gasteiger partial charge in [-0.2, -0.15) is 0 Å². The number of rotatable bonds is 8. The van der Waals surface area contributed by atoms with Gasteiger partial charge in [0.15, 0.2) is 0 Å². The van der Waals surface area contributed by atoms with Crippen LogP contribution in [-0.2, 0) is 4.79 Å². The molecule has 0 aliphatic rings. The number of carbonyl (C=O) groups excluding carboxylic acids is 1. The number of carbonyl (C=O) groups is 2. The van der Waals surface area contributed by atoms with Crippen LogP contribution >= 0.6 is 0 Å². The van der Waals surface area contributed by atoms with Crippen molar-refractivity contribution in [3.63, 3.8) is 0 Å². The Morgan fingerprint density at radius 3 is 2.48 bits per heavy atom. The molecule has 0 radical (unpaired) electrons. The molecule has 0 aliphatic carbocycles. The average molecular weight is 292 g/mol. The van der Waals surface area contributed by atoms with Crippen molar-refractivity contribution in [3.8, 4) is 0 Å². The second kappa shape index (κ2) is 7.67. The number of nitrogens with two attached hydrogens (primary N) is 1. The maximum absolute atomic E-state index is 11.2. The maximum Gasteiger partial charge on any atom is 0.303 e. The highest BCUT2D eigenvalue weighted by Gasteiger charge is 2.15. The van der Waals surface area contributed by atoms with Crippen LogP contribution in [0, 0.1) is 18.8 Å². The van der Waals surface area contributed by atoms with E-state index < -0.39 is 11.9 Å². The van der Waals surface area contributed by atoms with Crippen LogP contribution in [-0.4, -0.2) is 23.5 Å². The van der Waals surface area contributed by atoms with Crippen molar-refractivity contribution >= 4 is 17.6 Å². The second-order valence-electron chi connectivity index (χ2n) is 5.87. The molecule has 1 unspecified atom stereocenters. The van der Waals surface area contributed by atoms with Gasteiger partial charge < -0.3 is 16.2 Å². The molecular formula is C16H24N2O3. The highest BCUT2D eigenvalue weighted by molar-refractivity contribution is 5.94. The predicted molar refractivity (Wildman–Crippen MR) is 83.4 cm³/mol. The van der Waals surface area contributed by atoms with E-state index in [0.717, 1.165) is 17.7 Å². The largest absolute Gasteiger partial charge is 0.481 e. The lowest BCUT2D eigenvalue weighted by atomic mass is 9.94. The molecule has 0 aromatic heterocycles. The lowest BCUT2D eigenvalue weighted by molar-refractivity contribution is -0.138. The number of aliphatic carboxylic acids is 1. The summed E-state index contributed by atoms with van der Waals surface area (Å²) in [7, 11) is 0. The summed E-state index contributed by atoms with van der Waals surface area (Å²) in [6, 6.07) is 5.34. The first kappa shape index (κ1) is 17.0. The van der Waals surface area contributed by atoms with Crippen LogP contribution in [0.25, 0.3) is 0 Å². The highest BCUT2D eigenvalue weighted by Crippen LogP contribution is 2.19. The van der Waals surface area contributed by atoms with Gasteiger partial charge in [0.2, 0.25) is 5.91 Å². The standard InChI is InChI=1S/C16H24N2O3/c1-10(2)6-12(8-15(19)20)9-18-13-4-5-14(16(17)21)11(3)7-13/h4-5,7,10,12,18H,6,8-9H2,1-3H3,(H2,17,21)(H,19,20). The van der Waals surface area contributed by atoms with Gasteiger partial charge in [0.05, 0.1) is 0 Å². The van der Waals surface area contributed by atoms with Crippen molar-refractivity contribution in [2.24, 2.45) is 17.6 Å². The van der Waals surface area contributed by atoms with Gasteiger partial charge in [-0.1, -0.05) is 13.8 Å². The molecule has 5 nitrogen and oxygen atoms in total. The molecule has 1 aromatic rings. The Morgan fingerprint density at radius 1 is 1.33 bits per heavy atom. The van der Waals surface area contributed by atoms with Crippen LogP contribution in [0.3, 0.4) is 0 Å². The number of hydrogen-bond donors (Lipinski definition) is 3. The van der Waals surface area contributed by atoms with Gasteiger partial charge >= 0.3 is 5.97 Å². The number of carboxylic acid groups (broad SMARTS) is 1. The monoisotopic (exact) mass is 292 g/mol. The number of benzene rings is 1. The molecule has 0 heterocycles. The molecule has 1 rings (SSSR count). The zero-order chi connectivity index (χ0) is 16.0. The van der Waals surface area contributed by atoms with Crippen molar-refractivity contribution < 1.29 is 14.7 Å². The molecule has 116 valence electrons. The van der Waals surface area contributed by atoms with E-state index in [4.69, 9.17) is 10.8 Å². The van der Waals surface area contributed by atoms with Crippen LogP contribution in [0.2, 0.25) is 0 Å². The van der Waals surface area contributed by atoms with E-state index in [1.807, 2.05) is 13.0 Å². The van der Waals surface area contributed by atoms with Gasteiger partial charge in [-0.25, -0.2) is 0 Å². The Kier molecular flexibility index (Phi) is 6.21. The van der Waals surface area contributed by atoms with Gasteiger partial charge in [0.25, 0.3) is 0 Å². The summed E-state index contributed by atoms with van der Waals surface area (Å²) in [5.41, 5.74) is 7.46. The molecule has 0 aliphatic heterocycles. The third-order valence-corrected chi connectivity index (χ3v) is 3.35.